The van der Waals surface area contributed by atoms with Crippen LogP contribution in [-0.2, 0) is 10.3 Å². The topological polar surface area (TPSA) is 71.6 Å². The fourth-order valence-corrected chi connectivity index (χ4v) is 2.54. The standard InChI is InChI=1S/C10H17N3O2S/c1-10(14,7-11)8-6-12-9(16-8)13-2-4-15-5-3-13/h6,14H,2-5,7,11H2,1H3. The Hall–Kier alpha value is -0.690. The molecule has 1 aromatic heterocycles. The maximum absolute atomic E-state index is 10.0. The van der Waals surface area contributed by atoms with Gasteiger partial charge >= 0.3 is 0 Å². The lowest BCUT2D eigenvalue weighted by Gasteiger charge is -2.26. The number of thiazole rings is 1. The lowest BCUT2D eigenvalue weighted by Crippen LogP contribution is -2.36. The Morgan fingerprint density at radius 3 is 2.94 bits per heavy atom. The van der Waals surface area contributed by atoms with E-state index in [0.29, 0.717) is 0 Å². The molecule has 0 bridgehead atoms. The molecule has 0 saturated carbocycles. The van der Waals surface area contributed by atoms with Crippen LogP contribution in [0, 0.1) is 0 Å². The summed E-state index contributed by atoms with van der Waals surface area (Å²) < 4.78 is 5.28. The smallest absolute Gasteiger partial charge is 0.185 e. The number of nitrogens with two attached hydrogens (primary N) is 1. The highest BCUT2D eigenvalue weighted by molar-refractivity contribution is 7.15. The third kappa shape index (κ3) is 2.35. The van der Waals surface area contributed by atoms with Crippen molar-refractivity contribution in [2.75, 3.05) is 37.7 Å². The molecule has 2 rings (SSSR count). The van der Waals surface area contributed by atoms with E-state index in [1.54, 1.807) is 13.1 Å². The summed E-state index contributed by atoms with van der Waals surface area (Å²) in [6, 6.07) is 0. The van der Waals surface area contributed by atoms with E-state index in [0.717, 1.165) is 36.3 Å². The van der Waals surface area contributed by atoms with Crippen LogP contribution in [-0.4, -0.2) is 42.9 Å². The van der Waals surface area contributed by atoms with Gasteiger partial charge in [0.1, 0.15) is 5.60 Å². The van der Waals surface area contributed by atoms with Crippen molar-refractivity contribution in [3.8, 4) is 0 Å². The van der Waals surface area contributed by atoms with Gasteiger partial charge in [0, 0.05) is 25.8 Å². The molecule has 90 valence electrons. The second kappa shape index (κ2) is 4.67. The first-order chi connectivity index (χ1) is 7.63. The maximum atomic E-state index is 10.0. The minimum Gasteiger partial charge on any atom is -0.383 e. The second-order valence-electron chi connectivity index (χ2n) is 4.08. The van der Waals surface area contributed by atoms with E-state index < -0.39 is 5.60 Å². The van der Waals surface area contributed by atoms with Crippen LogP contribution in [0.2, 0.25) is 0 Å². The summed E-state index contributed by atoms with van der Waals surface area (Å²) in [5.74, 6) is 0. The van der Waals surface area contributed by atoms with Crippen LogP contribution >= 0.6 is 11.3 Å². The van der Waals surface area contributed by atoms with Gasteiger partial charge in [0.25, 0.3) is 0 Å². The van der Waals surface area contributed by atoms with Crippen LogP contribution in [0.25, 0.3) is 0 Å². The Labute approximate surface area is 98.8 Å². The summed E-state index contributed by atoms with van der Waals surface area (Å²) in [7, 11) is 0. The Morgan fingerprint density at radius 1 is 1.62 bits per heavy atom. The summed E-state index contributed by atoms with van der Waals surface area (Å²) in [4.78, 5) is 7.31. The Bertz CT molecular complexity index is 348. The summed E-state index contributed by atoms with van der Waals surface area (Å²) in [6.45, 7) is 5.11. The molecular formula is C10H17N3O2S. The lowest BCUT2D eigenvalue weighted by atomic mass is 10.1. The van der Waals surface area contributed by atoms with Gasteiger partial charge in [-0.25, -0.2) is 4.98 Å². The van der Waals surface area contributed by atoms with E-state index in [2.05, 4.69) is 9.88 Å². The molecule has 1 unspecified atom stereocenters. The molecule has 1 aromatic rings. The number of ether oxygens (including phenoxy) is 1. The molecule has 5 nitrogen and oxygen atoms in total. The summed E-state index contributed by atoms with van der Waals surface area (Å²) in [5.41, 5.74) is 4.55. The zero-order chi connectivity index (χ0) is 11.6. The number of nitrogens with zero attached hydrogens (tertiary/aromatic N) is 2. The number of anilines is 1. The first-order valence-corrected chi connectivity index (χ1v) is 6.16. The first-order valence-electron chi connectivity index (χ1n) is 5.35. The van der Waals surface area contributed by atoms with Gasteiger partial charge in [-0.15, -0.1) is 0 Å². The van der Waals surface area contributed by atoms with Gasteiger partial charge in [-0.2, -0.15) is 0 Å². The molecular weight excluding hydrogens is 226 g/mol. The molecule has 2 heterocycles. The van der Waals surface area contributed by atoms with Crippen molar-refractivity contribution >= 4 is 16.5 Å². The van der Waals surface area contributed by atoms with Gasteiger partial charge < -0.3 is 20.5 Å². The highest BCUT2D eigenvalue weighted by Gasteiger charge is 2.25. The van der Waals surface area contributed by atoms with Crippen molar-refractivity contribution in [1.29, 1.82) is 0 Å². The highest BCUT2D eigenvalue weighted by Crippen LogP contribution is 2.30. The molecule has 1 aliphatic heterocycles. The van der Waals surface area contributed by atoms with Gasteiger partial charge in [0.15, 0.2) is 5.13 Å². The van der Waals surface area contributed by atoms with E-state index in [9.17, 15) is 5.11 Å². The second-order valence-corrected chi connectivity index (χ2v) is 5.09. The Kier molecular flexibility index (Phi) is 3.44. The van der Waals surface area contributed by atoms with Crippen LogP contribution in [0.4, 0.5) is 5.13 Å². The van der Waals surface area contributed by atoms with Crippen molar-refractivity contribution in [3.63, 3.8) is 0 Å². The lowest BCUT2D eigenvalue weighted by molar-refractivity contribution is 0.0705. The summed E-state index contributed by atoms with van der Waals surface area (Å²) in [6.07, 6.45) is 1.71. The molecule has 1 aliphatic rings. The average Bonchev–Trinajstić information content (AvgIpc) is 2.80. The van der Waals surface area contributed by atoms with Crippen molar-refractivity contribution < 1.29 is 9.84 Å². The van der Waals surface area contributed by atoms with E-state index >= 15 is 0 Å². The minimum atomic E-state index is -0.970. The molecule has 0 spiro atoms. The van der Waals surface area contributed by atoms with E-state index in [1.165, 1.54) is 11.3 Å². The van der Waals surface area contributed by atoms with Crippen molar-refractivity contribution in [2.45, 2.75) is 12.5 Å². The van der Waals surface area contributed by atoms with E-state index in [1.807, 2.05) is 0 Å². The molecule has 3 N–H and O–H groups in total. The van der Waals surface area contributed by atoms with Gasteiger partial charge in [0.05, 0.1) is 18.1 Å². The predicted octanol–water partition coefficient (Wildman–Crippen LogP) is 0.146. The Morgan fingerprint density at radius 2 is 2.31 bits per heavy atom. The molecule has 1 fully saturated rings. The van der Waals surface area contributed by atoms with Crippen molar-refractivity contribution in [3.05, 3.63) is 11.1 Å². The Balaban J connectivity index is 2.12. The number of hydrogen-bond donors (Lipinski definition) is 2. The van der Waals surface area contributed by atoms with Gasteiger partial charge in [-0.05, 0) is 6.92 Å². The van der Waals surface area contributed by atoms with Crippen LogP contribution < -0.4 is 10.6 Å². The molecule has 16 heavy (non-hydrogen) atoms. The predicted molar refractivity (Wildman–Crippen MR) is 63.8 cm³/mol. The van der Waals surface area contributed by atoms with Gasteiger partial charge in [0.2, 0.25) is 0 Å². The summed E-state index contributed by atoms with van der Waals surface area (Å²) >= 11 is 1.50. The zero-order valence-corrected chi connectivity index (χ0v) is 10.2. The third-order valence-electron chi connectivity index (χ3n) is 2.70. The van der Waals surface area contributed by atoms with Crippen LogP contribution in [0.3, 0.4) is 0 Å². The monoisotopic (exact) mass is 243 g/mol. The van der Waals surface area contributed by atoms with Gasteiger partial charge in [-0.1, -0.05) is 11.3 Å². The van der Waals surface area contributed by atoms with Crippen molar-refractivity contribution in [2.24, 2.45) is 5.73 Å². The first kappa shape index (κ1) is 11.8. The number of morpholine rings is 1. The highest BCUT2D eigenvalue weighted by atomic mass is 32.1. The number of rotatable bonds is 3. The minimum absolute atomic E-state index is 0.206. The van der Waals surface area contributed by atoms with E-state index in [-0.39, 0.29) is 6.54 Å². The third-order valence-corrected chi connectivity index (χ3v) is 4.01. The fraction of sp³-hybridized carbons (Fsp3) is 0.700. The van der Waals surface area contributed by atoms with Crippen LogP contribution in [0.5, 0.6) is 0 Å². The zero-order valence-electron chi connectivity index (χ0n) is 9.35. The van der Waals surface area contributed by atoms with Gasteiger partial charge in [-0.3, -0.25) is 0 Å². The quantitative estimate of drug-likeness (QED) is 0.790. The molecule has 0 aliphatic carbocycles. The largest absolute Gasteiger partial charge is 0.383 e. The molecule has 1 saturated heterocycles. The van der Waals surface area contributed by atoms with Crippen LogP contribution in [0.15, 0.2) is 6.20 Å². The molecule has 1 atom stereocenters. The number of aliphatic hydroxyl groups is 1. The van der Waals surface area contributed by atoms with Crippen molar-refractivity contribution in [1.82, 2.24) is 4.98 Å². The number of aromatic nitrogens is 1. The maximum Gasteiger partial charge on any atom is 0.185 e. The normalized spacial score (nSPS) is 20.8. The van der Waals surface area contributed by atoms with Crippen LogP contribution in [0.1, 0.15) is 11.8 Å². The summed E-state index contributed by atoms with van der Waals surface area (Å²) in [5, 5.41) is 10.9. The number of hydrogen-bond acceptors (Lipinski definition) is 6. The molecule has 0 radical (unpaired) electrons. The SMILES string of the molecule is CC(O)(CN)c1cnc(N2CCOCC2)s1. The average molecular weight is 243 g/mol. The van der Waals surface area contributed by atoms with E-state index in [4.69, 9.17) is 10.5 Å². The molecule has 0 amide bonds. The fourth-order valence-electron chi connectivity index (χ4n) is 1.52. The molecule has 0 aromatic carbocycles. The molecule has 6 heteroatoms.